The number of hydrogen-bond donors (Lipinski definition) is 3. The number of alkyl halides is 1. The summed E-state index contributed by atoms with van der Waals surface area (Å²) in [6.45, 7) is 1.97. The molecule has 2 aromatic heterocycles. The Kier molecular flexibility index (Phi) is 5.88. The van der Waals surface area contributed by atoms with Crippen LogP contribution in [0.5, 0.6) is 0 Å². The third-order valence-corrected chi connectivity index (χ3v) is 6.99. The first-order valence-corrected chi connectivity index (χ1v) is 11.5. The van der Waals surface area contributed by atoms with E-state index in [4.69, 9.17) is 11.6 Å². The molecule has 3 heterocycles. The molecule has 4 unspecified atom stereocenters. The lowest BCUT2D eigenvalue weighted by Crippen LogP contribution is -2.70. The second-order valence-electron chi connectivity index (χ2n) is 8.51. The van der Waals surface area contributed by atoms with Gasteiger partial charge in [-0.1, -0.05) is 13.3 Å². The van der Waals surface area contributed by atoms with Crippen LogP contribution in [0.1, 0.15) is 32.6 Å². The highest BCUT2D eigenvalue weighted by Crippen LogP contribution is 2.37. The Hall–Kier alpha value is -2.85. The number of nitrogens with one attached hydrogen (secondary N) is 3. The molecule has 1 saturated carbocycles. The summed E-state index contributed by atoms with van der Waals surface area (Å²) < 4.78 is 28.3. The summed E-state index contributed by atoms with van der Waals surface area (Å²) in [5, 5.41) is 6.60. The summed E-state index contributed by atoms with van der Waals surface area (Å²) in [5.74, 6) is -1.67. The highest BCUT2D eigenvalue weighted by molar-refractivity contribution is 6.23. The van der Waals surface area contributed by atoms with Crippen LogP contribution in [0, 0.1) is 17.6 Å². The number of amides is 1. The van der Waals surface area contributed by atoms with Crippen molar-refractivity contribution in [2.24, 2.45) is 5.92 Å². The smallest absolute Gasteiger partial charge is 0.234 e. The summed E-state index contributed by atoms with van der Waals surface area (Å²) >= 11 is 6.56. The first-order chi connectivity index (χ1) is 16.0. The van der Waals surface area contributed by atoms with Gasteiger partial charge in [0.1, 0.15) is 29.6 Å². The van der Waals surface area contributed by atoms with Gasteiger partial charge in [-0.2, -0.15) is 0 Å². The molecule has 1 saturated heterocycles. The zero-order valence-corrected chi connectivity index (χ0v) is 18.7. The fourth-order valence-corrected chi connectivity index (χ4v) is 5.40. The van der Waals surface area contributed by atoms with Crippen LogP contribution in [-0.2, 0) is 4.79 Å². The minimum absolute atomic E-state index is 0.123. The second kappa shape index (κ2) is 8.83. The standard InChI is InChI=1S/C22H24ClF2N7O/c1-2-15(30-20-18-19(27-9-26-18)28-10-29-20)21-31-16-5-3-4-14(23)17(16)22(33)32(21)13-7-11(24)6-12(25)8-13/h6-10,14-17,21,31H,2-5H2,1H3,(H2,26,27,28,29,30)/t14?,15-,16?,17?,21?/m0/s1. The van der Waals surface area contributed by atoms with Gasteiger partial charge in [-0.25, -0.2) is 23.7 Å². The van der Waals surface area contributed by atoms with Gasteiger partial charge in [-0.15, -0.1) is 11.6 Å². The first-order valence-electron chi connectivity index (χ1n) is 11.1. The Bertz CT molecular complexity index is 1150. The van der Waals surface area contributed by atoms with Crippen molar-refractivity contribution in [2.75, 3.05) is 10.2 Å². The van der Waals surface area contributed by atoms with Gasteiger partial charge < -0.3 is 10.3 Å². The second-order valence-corrected chi connectivity index (χ2v) is 9.07. The van der Waals surface area contributed by atoms with E-state index in [0.717, 1.165) is 25.3 Å². The molecular formula is C22H24ClF2N7O. The molecule has 5 rings (SSSR count). The first kappa shape index (κ1) is 22.0. The van der Waals surface area contributed by atoms with Crippen LogP contribution < -0.4 is 15.5 Å². The number of fused-ring (bicyclic) bond motifs is 2. The maximum absolute atomic E-state index is 14.1. The van der Waals surface area contributed by atoms with Crippen LogP contribution in [0.25, 0.3) is 11.2 Å². The molecule has 1 aliphatic carbocycles. The largest absolute Gasteiger partial charge is 0.362 e. The number of carbonyl (C=O) groups is 1. The predicted molar refractivity (Wildman–Crippen MR) is 121 cm³/mol. The SMILES string of the molecule is CC[C@H](Nc1ncnc2nc[nH]c12)C1NC2CCCC(Cl)C2C(=O)N1c1cc(F)cc(F)c1. The van der Waals surface area contributed by atoms with E-state index < -0.39 is 23.7 Å². The zero-order valence-electron chi connectivity index (χ0n) is 17.9. The van der Waals surface area contributed by atoms with Crippen molar-refractivity contribution in [3.8, 4) is 0 Å². The Morgan fingerprint density at radius 3 is 2.76 bits per heavy atom. The van der Waals surface area contributed by atoms with Gasteiger partial charge in [-0.05, 0) is 31.4 Å². The molecule has 1 aliphatic heterocycles. The molecule has 1 amide bonds. The van der Waals surface area contributed by atoms with E-state index in [1.807, 2.05) is 6.92 Å². The monoisotopic (exact) mass is 475 g/mol. The lowest BCUT2D eigenvalue weighted by atomic mass is 9.80. The Morgan fingerprint density at radius 2 is 2.00 bits per heavy atom. The van der Waals surface area contributed by atoms with Gasteiger partial charge in [0.25, 0.3) is 0 Å². The van der Waals surface area contributed by atoms with Gasteiger partial charge >= 0.3 is 0 Å². The summed E-state index contributed by atoms with van der Waals surface area (Å²) in [6.07, 6.45) is 5.38. The predicted octanol–water partition coefficient (Wildman–Crippen LogP) is 3.56. The van der Waals surface area contributed by atoms with Gasteiger partial charge in [0.15, 0.2) is 11.5 Å². The van der Waals surface area contributed by atoms with Crippen molar-refractivity contribution in [1.82, 2.24) is 25.3 Å². The van der Waals surface area contributed by atoms with Gasteiger partial charge in [0.2, 0.25) is 5.91 Å². The van der Waals surface area contributed by atoms with E-state index in [2.05, 4.69) is 30.6 Å². The van der Waals surface area contributed by atoms with Crippen molar-refractivity contribution < 1.29 is 13.6 Å². The van der Waals surface area contributed by atoms with Crippen LogP contribution in [0.4, 0.5) is 20.3 Å². The minimum atomic E-state index is -0.749. The van der Waals surface area contributed by atoms with Crippen LogP contribution >= 0.6 is 11.6 Å². The maximum atomic E-state index is 14.1. The Balaban J connectivity index is 1.55. The number of aromatic amines is 1. The van der Waals surface area contributed by atoms with Crippen molar-refractivity contribution in [1.29, 1.82) is 0 Å². The van der Waals surface area contributed by atoms with E-state index in [-0.39, 0.29) is 29.1 Å². The van der Waals surface area contributed by atoms with Gasteiger partial charge in [0, 0.05) is 17.5 Å². The number of hydrogen-bond acceptors (Lipinski definition) is 6. The molecule has 174 valence electrons. The molecule has 8 nitrogen and oxygen atoms in total. The lowest BCUT2D eigenvalue weighted by Gasteiger charge is -2.50. The third-order valence-electron chi connectivity index (χ3n) is 6.50. The fraction of sp³-hybridized carbons (Fsp3) is 0.455. The van der Waals surface area contributed by atoms with E-state index in [9.17, 15) is 13.6 Å². The number of rotatable bonds is 5. The fourth-order valence-electron chi connectivity index (χ4n) is 4.97. The molecular weight excluding hydrogens is 452 g/mol. The van der Waals surface area contributed by atoms with Crippen LogP contribution in [-0.4, -0.2) is 49.5 Å². The normalized spacial score (nSPS) is 26.3. The number of anilines is 2. The molecule has 0 spiro atoms. The number of nitrogens with zero attached hydrogens (tertiary/aromatic N) is 4. The summed E-state index contributed by atoms with van der Waals surface area (Å²) in [7, 11) is 0. The number of carbonyl (C=O) groups excluding carboxylic acids is 1. The van der Waals surface area contributed by atoms with Crippen molar-refractivity contribution in [3.63, 3.8) is 0 Å². The zero-order chi connectivity index (χ0) is 23.1. The summed E-state index contributed by atoms with van der Waals surface area (Å²) in [5.41, 5.74) is 1.30. The summed E-state index contributed by atoms with van der Waals surface area (Å²) in [6, 6.07) is 2.68. The molecule has 2 fully saturated rings. The Morgan fingerprint density at radius 1 is 1.21 bits per heavy atom. The Labute approximate surface area is 194 Å². The molecule has 2 aliphatic rings. The third kappa shape index (κ3) is 4.02. The molecule has 11 heteroatoms. The van der Waals surface area contributed by atoms with Gasteiger partial charge in [-0.3, -0.25) is 15.0 Å². The average molecular weight is 476 g/mol. The van der Waals surface area contributed by atoms with Crippen molar-refractivity contribution >= 4 is 40.2 Å². The number of aromatic nitrogens is 4. The molecule has 1 aromatic carbocycles. The average Bonchev–Trinajstić information content (AvgIpc) is 3.26. The molecule has 33 heavy (non-hydrogen) atoms. The number of benzene rings is 1. The maximum Gasteiger partial charge on any atom is 0.234 e. The summed E-state index contributed by atoms with van der Waals surface area (Å²) in [4.78, 5) is 30.8. The number of imidazole rings is 1. The molecule has 3 N–H and O–H groups in total. The van der Waals surface area contributed by atoms with Crippen molar-refractivity contribution in [2.45, 2.75) is 56.2 Å². The van der Waals surface area contributed by atoms with Crippen molar-refractivity contribution in [3.05, 3.63) is 42.5 Å². The highest BCUT2D eigenvalue weighted by Gasteiger charge is 2.48. The topological polar surface area (TPSA) is 98.8 Å². The number of halogens is 3. The lowest BCUT2D eigenvalue weighted by molar-refractivity contribution is -0.127. The van der Waals surface area contributed by atoms with Crippen LogP contribution in [0.15, 0.2) is 30.9 Å². The number of H-pyrrole nitrogens is 1. The van der Waals surface area contributed by atoms with E-state index in [1.54, 1.807) is 0 Å². The molecule has 3 aromatic rings. The van der Waals surface area contributed by atoms with E-state index in [0.29, 0.717) is 23.4 Å². The van der Waals surface area contributed by atoms with E-state index >= 15 is 0 Å². The highest BCUT2D eigenvalue weighted by atomic mass is 35.5. The molecule has 0 radical (unpaired) electrons. The minimum Gasteiger partial charge on any atom is -0.362 e. The van der Waals surface area contributed by atoms with E-state index in [1.165, 1.54) is 29.7 Å². The molecule has 5 atom stereocenters. The molecule has 0 bridgehead atoms. The quantitative estimate of drug-likeness (QED) is 0.488. The van der Waals surface area contributed by atoms with Crippen LogP contribution in [0.2, 0.25) is 0 Å². The van der Waals surface area contributed by atoms with Crippen LogP contribution in [0.3, 0.4) is 0 Å². The van der Waals surface area contributed by atoms with Gasteiger partial charge in [0.05, 0.1) is 24.0 Å².